The highest BCUT2D eigenvalue weighted by Crippen LogP contribution is 2.27. The van der Waals surface area contributed by atoms with E-state index in [4.69, 9.17) is 4.74 Å². The third-order valence-corrected chi connectivity index (χ3v) is 5.61. The van der Waals surface area contributed by atoms with Gasteiger partial charge < -0.3 is 19.9 Å². The zero-order valence-corrected chi connectivity index (χ0v) is 16.8. The Hall–Kier alpha value is -3.27. The van der Waals surface area contributed by atoms with Crippen LogP contribution in [-0.4, -0.2) is 70.9 Å². The molecule has 3 aromatic rings. The van der Waals surface area contributed by atoms with E-state index in [-0.39, 0.29) is 12.1 Å². The molecule has 2 aliphatic heterocycles. The van der Waals surface area contributed by atoms with Crippen molar-refractivity contribution in [2.75, 3.05) is 49.6 Å². The summed E-state index contributed by atoms with van der Waals surface area (Å²) in [6.07, 6.45) is 2.90. The normalized spacial score (nSPS) is 19.2. The van der Waals surface area contributed by atoms with Crippen molar-refractivity contribution in [2.24, 2.45) is 0 Å². The Labute approximate surface area is 177 Å². The van der Waals surface area contributed by atoms with Crippen molar-refractivity contribution in [2.45, 2.75) is 12.6 Å². The molecule has 0 spiro atoms. The van der Waals surface area contributed by atoms with Crippen LogP contribution in [-0.2, 0) is 4.74 Å². The summed E-state index contributed by atoms with van der Waals surface area (Å²) in [5.41, 5.74) is 1.08. The van der Waals surface area contributed by atoms with Gasteiger partial charge >= 0.3 is 6.03 Å². The largest absolute Gasteiger partial charge is 0.378 e. The first-order valence-corrected chi connectivity index (χ1v) is 10.3. The maximum Gasteiger partial charge on any atom is 0.321 e. The Morgan fingerprint density at radius 2 is 2.03 bits per heavy atom. The van der Waals surface area contributed by atoms with Crippen molar-refractivity contribution < 1.29 is 18.3 Å². The van der Waals surface area contributed by atoms with E-state index in [0.29, 0.717) is 43.3 Å². The highest BCUT2D eigenvalue weighted by atomic mass is 19.1. The molecule has 1 unspecified atom stereocenters. The van der Waals surface area contributed by atoms with Crippen molar-refractivity contribution in [3.8, 4) is 11.3 Å². The fourth-order valence-corrected chi connectivity index (χ4v) is 3.94. The minimum absolute atomic E-state index is 0.0729. The van der Waals surface area contributed by atoms with Gasteiger partial charge in [-0.2, -0.15) is 0 Å². The minimum Gasteiger partial charge on any atom is -0.378 e. The first kappa shape index (κ1) is 19.7. The van der Waals surface area contributed by atoms with E-state index in [1.165, 1.54) is 23.1 Å². The number of nitrogens with zero attached hydrogens (tertiary/aromatic N) is 5. The van der Waals surface area contributed by atoms with Gasteiger partial charge in [0.25, 0.3) is 0 Å². The van der Waals surface area contributed by atoms with Crippen molar-refractivity contribution in [3.05, 3.63) is 42.5 Å². The van der Waals surface area contributed by atoms with Crippen LogP contribution in [0.3, 0.4) is 0 Å². The first-order valence-electron chi connectivity index (χ1n) is 10.3. The number of aromatic nitrogens is 3. The van der Waals surface area contributed by atoms with Crippen LogP contribution in [0.25, 0.3) is 17.0 Å². The molecule has 0 bridgehead atoms. The second-order valence-electron chi connectivity index (χ2n) is 7.66. The van der Waals surface area contributed by atoms with Crippen LogP contribution in [0.2, 0.25) is 0 Å². The monoisotopic (exact) mass is 428 g/mol. The lowest BCUT2D eigenvalue weighted by molar-refractivity contribution is 0.122. The molecule has 1 aromatic carbocycles. The Morgan fingerprint density at radius 3 is 2.81 bits per heavy atom. The molecule has 10 heteroatoms. The molecular weight excluding hydrogens is 406 g/mol. The molecule has 162 valence electrons. The standard InChI is InChI=1S/C21H22F2N6O2/c22-14-3-5-28(13-14)21(30)25-15-1-2-17(23)16(11-15)18-4-6-29-19(12-24-20(29)26-18)27-7-9-31-10-8-27/h1-2,4,6,11-12,14H,3,5,7-10,13H2,(H,25,30). The number of morpholine rings is 1. The van der Waals surface area contributed by atoms with Crippen molar-refractivity contribution in [3.63, 3.8) is 0 Å². The summed E-state index contributed by atoms with van der Waals surface area (Å²) in [6.45, 7) is 3.30. The maximum absolute atomic E-state index is 14.6. The molecule has 31 heavy (non-hydrogen) atoms. The Balaban J connectivity index is 1.40. The Morgan fingerprint density at radius 1 is 1.19 bits per heavy atom. The molecule has 1 N–H and O–H groups in total. The van der Waals surface area contributed by atoms with Gasteiger partial charge in [0.15, 0.2) is 0 Å². The van der Waals surface area contributed by atoms with E-state index < -0.39 is 18.0 Å². The number of urea groups is 1. The smallest absolute Gasteiger partial charge is 0.321 e. The van der Waals surface area contributed by atoms with Gasteiger partial charge in [0.2, 0.25) is 5.78 Å². The topological polar surface area (TPSA) is 75.0 Å². The third-order valence-electron chi connectivity index (χ3n) is 5.61. The number of likely N-dealkylation sites (tertiary alicyclic amines) is 1. The van der Waals surface area contributed by atoms with Crippen LogP contribution in [0.4, 0.5) is 25.1 Å². The summed E-state index contributed by atoms with van der Waals surface area (Å²) in [5, 5.41) is 2.71. The van der Waals surface area contributed by atoms with Crippen LogP contribution in [0.1, 0.15) is 6.42 Å². The number of amides is 2. The van der Waals surface area contributed by atoms with E-state index in [1.54, 1.807) is 12.3 Å². The molecule has 0 aliphatic carbocycles. The summed E-state index contributed by atoms with van der Waals surface area (Å²) in [7, 11) is 0. The molecule has 2 aromatic heterocycles. The number of carbonyl (C=O) groups excluding carboxylic acids is 1. The number of imidazole rings is 1. The van der Waals surface area contributed by atoms with Crippen LogP contribution in [0, 0.1) is 5.82 Å². The Bertz CT molecular complexity index is 1110. The number of hydrogen-bond donors (Lipinski definition) is 1. The lowest BCUT2D eigenvalue weighted by Crippen LogP contribution is -2.36. The van der Waals surface area contributed by atoms with Gasteiger partial charge in [-0.1, -0.05) is 0 Å². The molecule has 2 amide bonds. The van der Waals surface area contributed by atoms with Gasteiger partial charge in [0.1, 0.15) is 17.8 Å². The number of benzene rings is 1. The van der Waals surface area contributed by atoms with E-state index in [2.05, 4.69) is 20.2 Å². The number of fused-ring (bicyclic) bond motifs is 1. The number of ether oxygens (including phenoxy) is 1. The molecule has 0 radical (unpaired) electrons. The number of nitrogens with one attached hydrogen (secondary N) is 1. The molecule has 1 atom stereocenters. The van der Waals surface area contributed by atoms with E-state index in [0.717, 1.165) is 18.9 Å². The number of rotatable bonds is 3. The van der Waals surface area contributed by atoms with E-state index in [1.807, 2.05) is 10.6 Å². The van der Waals surface area contributed by atoms with Crippen molar-refractivity contribution >= 4 is 23.3 Å². The van der Waals surface area contributed by atoms with Gasteiger partial charge in [-0.25, -0.2) is 23.5 Å². The second kappa shape index (κ2) is 8.10. The van der Waals surface area contributed by atoms with Crippen molar-refractivity contribution in [1.29, 1.82) is 0 Å². The van der Waals surface area contributed by atoms with Crippen molar-refractivity contribution in [1.82, 2.24) is 19.3 Å². The van der Waals surface area contributed by atoms with Crippen LogP contribution >= 0.6 is 0 Å². The lowest BCUT2D eigenvalue weighted by Gasteiger charge is -2.27. The molecule has 8 nitrogen and oxygen atoms in total. The summed E-state index contributed by atoms with van der Waals surface area (Å²) in [4.78, 5) is 24.8. The highest BCUT2D eigenvalue weighted by molar-refractivity contribution is 5.90. The molecule has 2 saturated heterocycles. The fourth-order valence-electron chi connectivity index (χ4n) is 3.94. The zero-order chi connectivity index (χ0) is 21.4. The predicted octanol–water partition coefficient (Wildman–Crippen LogP) is 2.95. The molecule has 0 saturated carbocycles. The molecule has 5 rings (SSSR count). The minimum atomic E-state index is -0.998. The zero-order valence-electron chi connectivity index (χ0n) is 16.8. The number of anilines is 2. The summed E-state index contributed by atoms with van der Waals surface area (Å²) >= 11 is 0. The summed E-state index contributed by atoms with van der Waals surface area (Å²) < 4.78 is 35.2. The van der Waals surface area contributed by atoms with Crippen LogP contribution < -0.4 is 10.2 Å². The fraction of sp³-hybridized carbons (Fsp3) is 0.381. The number of carbonyl (C=O) groups is 1. The van der Waals surface area contributed by atoms with Gasteiger partial charge in [-0.3, -0.25) is 4.40 Å². The molecule has 2 aliphatic rings. The SMILES string of the molecule is O=C(Nc1ccc(F)c(-c2ccn3c(N4CCOCC4)cnc3n2)c1)N1CCC(F)C1. The van der Waals surface area contributed by atoms with Gasteiger partial charge in [0.05, 0.1) is 31.6 Å². The third kappa shape index (κ3) is 3.90. The predicted molar refractivity (Wildman–Crippen MR) is 112 cm³/mol. The van der Waals surface area contributed by atoms with Gasteiger partial charge in [0, 0.05) is 37.1 Å². The van der Waals surface area contributed by atoms with E-state index >= 15 is 0 Å². The average molecular weight is 428 g/mol. The first-order chi connectivity index (χ1) is 15.1. The Kier molecular flexibility index (Phi) is 5.14. The molecule has 4 heterocycles. The number of halogens is 2. The van der Waals surface area contributed by atoms with Crippen LogP contribution in [0.5, 0.6) is 0 Å². The molecular formula is C21H22F2N6O2. The number of hydrogen-bond acceptors (Lipinski definition) is 5. The van der Waals surface area contributed by atoms with E-state index in [9.17, 15) is 13.6 Å². The van der Waals surface area contributed by atoms with Gasteiger partial charge in [-0.05, 0) is 30.7 Å². The summed E-state index contributed by atoms with van der Waals surface area (Å²) in [5.74, 6) is 0.911. The quantitative estimate of drug-likeness (QED) is 0.694. The number of alkyl halides is 1. The highest BCUT2D eigenvalue weighted by Gasteiger charge is 2.26. The second-order valence-corrected chi connectivity index (χ2v) is 7.66. The summed E-state index contributed by atoms with van der Waals surface area (Å²) in [6, 6.07) is 5.61. The molecule has 2 fully saturated rings. The average Bonchev–Trinajstić information content (AvgIpc) is 3.41. The van der Waals surface area contributed by atoms with Gasteiger partial charge in [-0.15, -0.1) is 0 Å². The lowest BCUT2D eigenvalue weighted by atomic mass is 10.1. The van der Waals surface area contributed by atoms with Crippen LogP contribution in [0.15, 0.2) is 36.7 Å². The maximum atomic E-state index is 14.6.